The van der Waals surface area contributed by atoms with E-state index in [9.17, 15) is 22.4 Å². The molecule has 1 aliphatic rings. The molecule has 0 bridgehead atoms. The quantitative estimate of drug-likeness (QED) is 0.813. The van der Waals surface area contributed by atoms with Crippen LogP contribution >= 0.6 is 12.4 Å². The Bertz CT molecular complexity index is 536. The number of hydrogen-bond acceptors (Lipinski definition) is 2. The van der Waals surface area contributed by atoms with Crippen LogP contribution in [0.1, 0.15) is 29.3 Å². The van der Waals surface area contributed by atoms with Crippen molar-refractivity contribution in [1.82, 2.24) is 10.6 Å². The van der Waals surface area contributed by atoms with Gasteiger partial charge in [-0.2, -0.15) is 13.2 Å². The summed E-state index contributed by atoms with van der Waals surface area (Å²) in [5.74, 6) is -1.56. The number of benzene rings is 1. The van der Waals surface area contributed by atoms with E-state index in [1.165, 1.54) is 0 Å². The average molecular weight is 341 g/mol. The molecule has 3 nitrogen and oxygen atoms in total. The van der Waals surface area contributed by atoms with Crippen molar-refractivity contribution in [1.29, 1.82) is 0 Å². The molecule has 1 saturated heterocycles. The summed E-state index contributed by atoms with van der Waals surface area (Å²) in [5, 5.41) is 5.76. The molecule has 0 saturated carbocycles. The van der Waals surface area contributed by atoms with Gasteiger partial charge in [-0.15, -0.1) is 12.4 Å². The second-order valence-electron chi connectivity index (χ2n) is 5.28. The molecule has 0 aliphatic carbocycles. The van der Waals surface area contributed by atoms with Gasteiger partial charge >= 0.3 is 6.18 Å². The lowest BCUT2D eigenvalue weighted by atomic mass is 9.94. The van der Waals surface area contributed by atoms with Crippen LogP contribution in [0, 0.1) is 11.7 Å². The standard InChI is InChI=1S/C14H16F4N2O.ClH/c1-8-2-3-19-7-12(8)20-13(21)9-4-10(14(16,17)18)6-11(15)5-9;/h4-6,8,12,19H,2-3,7H2,1H3,(H,20,21);1H. The first-order valence-electron chi connectivity index (χ1n) is 6.67. The molecule has 2 unspecified atom stereocenters. The molecule has 2 N–H and O–H groups in total. The van der Waals surface area contributed by atoms with Crippen LogP contribution in [0.3, 0.4) is 0 Å². The molecule has 0 radical (unpaired) electrons. The molecular weight excluding hydrogens is 324 g/mol. The van der Waals surface area contributed by atoms with Crippen molar-refractivity contribution in [2.75, 3.05) is 13.1 Å². The number of carbonyl (C=O) groups is 1. The van der Waals surface area contributed by atoms with Crippen molar-refractivity contribution in [2.45, 2.75) is 25.6 Å². The minimum absolute atomic E-state index is 0. The van der Waals surface area contributed by atoms with E-state index in [1.807, 2.05) is 6.92 Å². The number of piperidine rings is 1. The summed E-state index contributed by atoms with van der Waals surface area (Å²) in [6.45, 7) is 3.35. The second-order valence-corrected chi connectivity index (χ2v) is 5.28. The number of halogens is 5. The summed E-state index contributed by atoms with van der Waals surface area (Å²) in [6, 6.07) is 1.68. The zero-order valence-corrected chi connectivity index (χ0v) is 12.7. The van der Waals surface area contributed by atoms with Crippen LogP contribution in [-0.4, -0.2) is 25.0 Å². The van der Waals surface area contributed by atoms with Gasteiger partial charge in [0.2, 0.25) is 0 Å². The van der Waals surface area contributed by atoms with Crippen molar-refractivity contribution in [2.24, 2.45) is 5.92 Å². The molecule has 1 fully saturated rings. The van der Waals surface area contributed by atoms with E-state index in [1.54, 1.807) is 0 Å². The molecule has 2 rings (SSSR count). The van der Waals surface area contributed by atoms with Crippen molar-refractivity contribution < 1.29 is 22.4 Å². The molecule has 124 valence electrons. The second kappa shape index (κ2) is 7.28. The minimum Gasteiger partial charge on any atom is -0.348 e. The lowest BCUT2D eigenvalue weighted by molar-refractivity contribution is -0.137. The summed E-state index contributed by atoms with van der Waals surface area (Å²) in [7, 11) is 0. The molecule has 8 heteroatoms. The van der Waals surface area contributed by atoms with Crippen LogP contribution in [0.15, 0.2) is 18.2 Å². The fraction of sp³-hybridized carbons (Fsp3) is 0.500. The number of rotatable bonds is 2. The van der Waals surface area contributed by atoms with Crippen LogP contribution in [0.2, 0.25) is 0 Å². The van der Waals surface area contributed by atoms with Crippen LogP contribution in [0.4, 0.5) is 17.6 Å². The maximum absolute atomic E-state index is 13.3. The third kappa shape index (κ3) is 4.58. The third-order valence-corrected chi connectivity index (χ3v) is 3.63. The van der Waals surface area contributed by atoms with Gasteiger partial charge in [-0.1, -0.05) is 6.92 Å². The molecule has 1 heterocycles. The highest BCUT2D eigenvalue weighted by atomic mass is 35.5. The van der Waals surface area contributed by atoms with Crippen LogP contribution in [0.5, 0.6) is 0 Å². The van der Waals surface area contributed by atoms with E-state index >= 15 is 0 Å². The van der Waals surface area contributed by atoms with Crippen LogP contribution < -0.4 is 10.6 Å². The van der Waals surface area contributed by atoms with Crippen molar-refractivity contribution in [3.63, 3.8) is 0 Å². The van der Waals surface area contributed by atoms with E-state index in [0.29, 0.717) is 18.7 Å². The lowest BCUT2D eigenvalue weighted by Gasteiger charge is -2.30. The summed E-state index contributed by atoms with van der Waals surface area (Å²) in [6.07, 6.45) is -3.82. The number of amides is 1. The van der Waals surface area contributed by atoms with Crippen molar-refractivity contribution in [3.8, 4) is 0 Å². The molecule has 2 atom stereocenters. The van der Waals surface area contributed by atoms with Gasteiger partial charge in [0.15, 0.2) is 0 Å². The summed E-state index contributed by atoms with van der Waals surface area (Å²) in [5.41, 5.74) is -1.48. The molecule has 1 aliphatic heterocycles. The van der Waals surface area contributed by atoms with Gasteiger partial charge < -0.3 is 10.6 Å². The Morgan fingerprint density at radius 2 is 2.00 bits per heavy atom. The molecule has 22 heavy (non-hydrogen) atoms. The van der Waals surface area contributed by atoms with E-state index in [-0.39, 0.29) is 29.9 Å². The highest BCUT2D eigenvalue weighted by molar-refractivity contribution is 5.94. The van der Waals surface area contributed by atoms with Gasteiger partial charge in [0.05, 0.1) is 5.56 Å². The summed E-state index contributed by atoms with van der Waals surface area (Å²) in [4.78, 5) is 12.0. The fourth-order valence-electron chi connectivity index (χ4n) is 2.32. The van der Waals surface area contributed by atoms with E-state index < -0.39 is 23.5 Å². The van der Waals surface area contributed by atoms with Crippen LogP contribution in [-0.2, 0) is 6.18 Å². The molecule has 1 aromatic carbocycles. The number of hydrogen-bond donors (Lipinski definition) is 2. The van der Waals surface area contributed by atoms with Gasteiger partial charge in [0.25, 0.3) is 5.91 Å². The van der Waals surface area contributed by atoms with Gasteiger partial charge in [-0.05, 0) is 37.1 Å². The Balaban J connectivity index is 0.00000242. The maximum atomic E-state index is 13.3. The molecular formula is C14H17ClF4N2O. The average Bonchev–Trinajstić information content (AvgIpc) is 2.39. The first kappa shape index (κ1) is 18.7. The Hall–Kier alpha value is -1.34. The number of carbonyl (C=O) groups excluding carboxylic acids is 1. The number of nitrogens with one attached hydrogen (secondary N) is 2. The fourth-order valence-corrected chi connectivity index (χ4v) is 2.32. The Morgan fingerprint density at radius 3 is 2.59 bits per heavy atom. The van der Waals surface area contributed by atoms with Crippen LogP contribution in [0.25, 0.3) is 0 Å². The molecule has 0 aromatic heterocycles. The normalized spacial score (nSPS) is 21.9. The van der Waals surface area contributed by atoms with Crippen molar-refractivity contribution >= 4 is 18.3 Å². The largest absolute Gasteiger partial charge is 0.416 e. The lowest BCUT2D eigenvalue weighted by Crippen LogP contribution is -2.50. The predicted molar refractivity (Wildman–Crippen MR) is 76.6 cm³/mol. The van der Waals surface area contributed by atoms with E-state index in [2.05, 4.69) is 10.6 Å². The monoisotopic (exact) mass is 340 g/mol. The first-order chi connectivity index (χ1) is 9.77. The minimum atomic E-state index is -4.68. The van der Waals surface area contributed by atoms with Gasteiger partial charge in [0.1, 0.15) is 5.82 Å². The smallest absolute Gasteiger partial charge is 0.348 e. The summed E-state index contributed by atoms with van der Waals surface area (Å²) >= 11 is 0. The Labute approximate surface area is 131 Å². The topological polar surface area (TPSA) is 41.1 Å². The molecule has 0 spiro atoms. The van der Waals surface area contributed by atoms with Gasteiger partial charge in [0, 0.05) is 18.2 Å². The highest BCUT2D eigenvalue weighted by Gasteiger charge is 2.32. The molecule has 1 aromatic rings. The summed E-state index contributed by atoms with van der Waals surface area (Å²) < 4.78 is 51.2. The van der Waals surface area contributed by atoms with Crippen molar-refractivity contribution in [3.05, 3.63) is 35.1 Å². The SMILES string of the molecule is CC1CCNCC1NC(=O)c1cc(F)cc(C(F)(F)F)c1.Cl. The van der Waals surface area contributed by atoms with E-state index in [4.69, 9.17) is 0 Å². The van der Waals surface area contributed by atoms with E-state index in [0.717, 1.165) is 19.0 Å². The first-order valence-corrected chi connectivity index (χ1v) is 6.67. The predicted octanol–water partition coefficient (Wildman–Crippen LogP) is 2.99. The molecule has 1 amide bonds. The Morgan fingerprint density at radius 1 is 1.32 bits per heavy atom. The maximum Gasteiger partial charge on any atom is 0.416 e. The highest BCUT2D eigenvalue weighted by Crippen LogP contribution is 2.30. The van der Waals surface area contributed by atoms with Gasteiger partial charge in [-0.3, -0.25) is 4.79 Å². The Kier molecular flexibility index (Phi) is 6.19. The third-order valence-electron chi connectivity index (χ3n) is 3.63. The number of alkyl halides is 3. The zero-order valence-electron chi connectivity index (χ0n) is 11.8. The zero-order chi connectivity index (χ0) is 15.6. The van der Waals surface area contributed by atoms with Gasteiger partial charge in [-0.25, -0.2) is 4.39 Å².